The van der Waals surface area contributed by atoms with E-state index in [4.69, 9.17) is 0 Å². The van der Waals surface area contributed by atoms with Crippen molar-refractivity contribution in [3.05, 3.63) is 34.6 Å². The molecule has 1 aromatic carbocycles. The molecule has 2 aromatic rings. The first kappa shape index (κ1) is 20.6. The fourth-order valence-corrected chi connectivity index (χ4v) is 7.38. The van der Waals surface area contributed by atoms with E-state index in [1.54, 1.807) is 11.8 Å². The lowest BCUT2D eigenvalue weighted by molar-refractivity contribution is -0.146. The second-order valence-corrected chi connectivity index (χ2v) is 12.2. The van der Waals surface area contributed by atoms with Crippen LogP contribution in [0.2, 0.25) is 0 Å². The second-order valence-electron chi connectivity index (χ2n) is 9.76. The number of hydrogen-bond donors (Lipinski definition) is 1. The number of hydrogen-bond acceptors (Lipinski definition) is 4. The van der Waals surface area contributed by atoms with Crippen LogP contribution in [0.1, 0.15) is 58.2 Å². The minimum Gasteiger partial charge on any atom is -0.348 e. The van der Waals surface area contributed by atoms with E-state index >= 15 is 0 Å². The van der Waals surface area contributed by atoms with Crippen LogP contribution in [0.25, 0.3) is 5.69 Å². The van der Waals surface area contributed by atoms with Gasteiger partial charge in [0.05, 0.1) is 6.54 Å². The van der Waals surface area contributed by atoms with E-state index in [0.717, 1.165) is 58.2 Å². The van der Waals surface area contributed by atoms with Crippen molar-refractivity contribution in [2.75, 3.05) is 0 Å². The molecule has 4 aliphatic carbocycles. The number of nitrogens with one attached hydrogen (secondary N) is 1. The van der Waals surface area contributed by atoms with Crippen molar-refractivity contribution >= 4 is 33.6 Å². The summed E-state index contributed by atoms with van der Waals surface area (Å²) in [7, 11) is 0. The van der Waals surface area contributed by atoms with Crippen molar-refractivity contribution in [2.24, 2.45) is 23.2 Å². The highest BCUT2D eigenvalue weighted by atomic mass is 79.9. The highest BCUT2D eigenvalue weighted by molar-refractivity contribution is 9.10. The average molecular weight is 489 g/mol. The monoisotopic (exact) mass is 488 g/mol. The van der Waals surface area contributed by atoms with Gasteiger partial charge in [-0.3, -0.25) is 9.36 Å². The van der Waals surface area contributed by atoms with Gasteiger partial charge >= 0.3 is 0 Å². The largest absolute Gasteiger partial charge is 0.348 e. The van der Waals surface area contributed by atoms with E-state index in [1.165, 1.54) is 19.3 Å². The van der Waals surface area contributed by atoms with E-state index in [9.17, 15) is 4.79 Å². The summed E-state index contributed by atoms with van der Waals surface area (Å²) in [6.07, 6.45) is 7.29. The Hall–Kier alpha value is -1.34. The van der Waals surface area contributed by atoms with Crippen molar-refractivity contribution < 1.29 is 4.79 Å². The standard InChI is InChI=1S/C23H29BrN4OS/c1-14(2)30-22-27-26-20(28(22)19-5-3-18(24)4-6-19)13-25-21(29)23-10-15-7-16(11-23)9-17(8-15)12-23/h3-6,14-17H,7-13H2,1-2H3,(H,25,29). The summed E-state index contributed by atoms with van der Waals surface area (Å²) in [6.45, 7) is 4.72. The maximum absolute atomic E-state index is 13.4. The molecule has 160 valence electrons. The van der Waals surface area contributed by atoms with Gasteiger partial charge in [0.25, 0.3) is 0 Å². The number of carbonyl (C=O) groups excluding carboxylic acids is 1. The molecule has 0 atom stereocenters. The molecule has 4 aliphatic rings. The van der Waals surface area contributed by atoms with Crippen LogP contribution >= 0.6 is 27.7 Å². The van der Waals surface area contributed by atoms with Gasteiger partial charge in [-0.15, -0.1) is 10.2 Å². The fraction of sp³-hybridized carbons (Fsp3) is 0.609. The third-order valence-corrected chi connectivity index (χ3v) is 8.53. The van der Waals surface area contributed by atoms with Crippen LogP contribution in [-0.4, -0.2) is 25.9 Å². The fourth-order valence-electron chi connectivity index (χ4n) is 6.29. The predicted molar refractivity (Wildman–Crippen MR) is 123 cm³/mol. The van der Waals surface area contributed by atoms with Gasteiger partial charge in [0.2, 0.25) is 5.91 Å². The highest BCUT2D eigenvalue weighted by Gasteiger charge is 2.54. The van der Waals surface area contributed by atoms with Gasteiger partial charge < -0.3 is 5.32 Å². The molecule has 0 radical (unpaired) electrons. The molecule has 5 nitrogen and oxygen atoms in total. The first-order valence-corrected chi connectivity index (χ1v) is 12.7. The highest BCUT2D eigenvalue weighted by Crippen LogP contribution is 2.60. The Morgan fingerprint density at radius 2 is 1.73 bits per heavy atom. The van der Waals surface area contributed by atoms with E-state index in [-0.39, 0.29) is 11.3 Å². The Kier molecular flexibility index (Phi) is 5.46. The molecule has 0 unspecified atom stereocenters. The third kappa shape index (κ3) is 3.83. The molecule has 0 spiro atoms. The normalized spacial score (nSPS) is 29.5. The molecular formula is C23H29BrN4OS. The van der Waals surface area contributed by atoms with Crippen LogP contribution in [0.3, 0.4) is 0 Å². The van der Waals surface area contributed by atoms with Crippen LogP contribution in [0.15, 0.2) is 33.9 Å². The lowest BCUT2D eigenvalue weighted by Crippen LogP contribution is -2.53. The number of amides is 1. The number of carbonyl (C=O) groups is 1. The molecular weight excluding hydrogens is 460 g/mol. The zero-order valence-electron chi connectivity index (χ0n) is 17.6. The Labute approximate surface area is 190 Å². The summed E-state index contributed by atoms with van der Waals surface area (Å²) in [6, 6.07) is 8.17. The van der Waals surface area contributed by atoms with Crippen molar-refractivity contribution in [1.82, 2.24) is 20.1 Å². The van der Waals surface area contributed by atoms with Crippen LogP contribution in [0.5, 0.6) is 0 Å². The van der Waals surface area contributed by atoms with Crippen LogP contribution < -0.4 is 5.32 Å². The van der Waals surface area contributed by atoms with Crippen molar-refractivity contribution in [1.29, 1.82) is 0 Å². The minimum atomic E-state index is -0.132. The summed E-state index contributed by atoms with van der Waals surface area (Å²) in [5.41, 5.74) is 0.887. The zero-order chi connectivity index (χ0) is 20.9. The number of thioether (sulfide) groups is 1. The average Bonchev–Trinajstić information content (AvgIpc) is 3.07. The van der Waals surface area contributed by atoms with Gasteiger partial charge in [-0.1, -0.05) is 41.5 Å². The first-order valence-electron chi connectivity index (χ1n) is 11.1. The van der Waals surface area contributed by atoms with Gasteiger partial charge in [0.1, 0.15) is 0 Å². The van der Waals surface area contributed by atoms with E-state index < -0.39 is 0 Å². The summed E-state index contributed by atoms with van der Waals surface area (Å²) >= 11 is 5.20. The molecule has 4 saturated carbocycles. The van der Waals surface area contributed by atoms with Gasteiger partial charge in [-0.2, -0.15) is 0 Å². The quantitative estimate of drug-likeness (QED) is 0.555. The molecule has 1 amide bonds. The van der Waals surface area contributed by atoms with Gasteiger partial charge in [0, 0.05) is 20.8 Å². The van der Waals surface area contributed by atoms with Gasteiger partial charge in [-0.25, -0.2) is 0 Å². The molecule has 1 heterocycles. The maximum atomic E-state index is 13.4. The Bertz CT molecular complexity index is 904. The van der Waals surface area contributed by atoms with Gasteiger partial charge in [0.15, 0.2) is 11.0 Å². The molecule has 0 aliphatic heterocycles. The molecule has 1 N–H and O–H groups in total. The Morgan fingerprint density at radius 1 is 1.13 bits per heavy atom. The molecule has 4 bridgehead atoms. The van der Waals surface area contributed by atoms with Crippen molar-refractivity contribution in [2.45, 2.75) is 69.3 Å². The van der Waals surface area contributed by atoms with Gasteiger partial charge in [-0.05, 0) is 80.5 Å². The summed E-state index contributed by atoms with van der Waals surface area (Å²) in [4.78, 5) is 13.4. The smallest absolute Gasteiger partial charge is 0.226 e. The minimum absolute atomic E-state index is 0.132. The summed E-state index contributed by atoms with van der Waals surface area (Å²) in [5, 5.41) is 13.4. The van der Waals surface area contributed by atoms with E-state index in [2.05, 4.69) is 62.0 Å². The maximum Gasteiger partial charge on any atom is 0.226 e. The van der Waals surface area contributed by atoms with Crippen molar-refractivity contribution in [3.8, 4) is 5.69 Å². The Balaban J connectivity index is 1.36. The molecule has 30 heavy (non-hydrogen) atoms. The Morgan fingerprint density at radius 3 is 2.30 bits per heavy atom. The SMILES string of the molecule is CC(C)Sc1nnc(CNC(=O)C23CC4CC(CC(C4)C2)C3)n1-c1ccc(Br)cc1. The second kappa shape index (κ2) is 7.97. The molecule has 1 aromatic heterocycles. The first-order chi connectivity index (χ1) is 14.4. The third-order valence-electron chi connectivity index (χ3n) is 7.05. The molecule has 4 fully saturated rings. The predicted octanol–water partition coefficient (Wildman–Crippen LogP) is 5.36. The topological polar surface area (TPSA) is 59.8 Å². The lowest BCUT2D eigenvalue weighted by atomic mass is 9.49. The summed E-state index contributed by atoms with van der Waals surface area (Å²) in [5.74, 6) is 3.33. The number of nitrogens with zero attached hydrogens (tertiary/aromatic N) is 3. The van der Waals surface area contributed by atoms with E-state index in [0.29, 0.717) is 11.8 Å². The van der Waals surface area contributed by atoms with E-state index in [1.807, 2.05) is 12.1 Å². The number of benzene rings is 1. The number of rotatable bonds is 6. The molecule has 0 saturated heterocycles. The summed E-state index contributed by atoms with van der Waals surface area (Å²) < 4.78 is 3.12. The van der Waals surface area contributed by atoms with Crippen molar-refractivity contribution in [3.63, 3.8) is 0 Å². The molecule has 7 heteroatoms. The lowest BCUT2D eigenvalue weighted by Gasteiger charge is -2.55. The van der Waals surface area contributed by atoms with Crippen LogP contribution in [-0.2, 0) is 11.3 Å². The van der Waals surface area contributed by atoms with Crippen LogP contribution in [0.4, 0.5) is 0 Å². The number of aromatic nitrogens is 3. The zero-order valence-corrected chi connectivity index (χ0v) is 20.0. The molecule has 6 rings (SSSR count). The van der Waals surface area contributed by atoms with Crippen LogP contribution in [0, 0.1) is 23.2 Å². The number of halogens is 1.